The standard InChI is InChI=1S/C19H15N5O/c25-19(21-15-9-5-2-6-10-15)23-17-18-22-16(13-24(18)12-11-20-17)14-7-3-1-4-8-14/h1-13H,(H2,20,21,23,25). The lowest BCUT2D eigenvalue weighted by Crippen LogP contribution is -2.20. The molecule has 0 unspecified atom stereocenters. The van der Waals surface area contributed by atoms with Gasteiger partial charge >= 0.3 is 6.03 Å². The van der Waals surface area contributed by atoms with E-state index in [4.69, 9.17) is 0 Å². The number of carbonyl (C=O) groups excluding carboxylic acids is 1. The van der Waals surface area contributed by atoms with E-state index in [-0.39, 0.29) is 6.03 Å². The average Bonchev–Trinajstić information content (AvgIpc) is 3.09. The monoisotopic (exact) mass is 329 g/mol. The highest BCUT2D eigenvalue weighted by Crippen LogP contribution is 2.21. The number of imidazole rings is 1. The van der Waals surface area contributed by atoms with E-state index in [1.807, 2.05) is 71.3 Å². The molecule has 0 saturated carbocycles. The molecule has 0 aliphatic rings. The Bertz CT molecular complexity index is 1010. The molecule has 0 spiro atoms. The first-order valence-electron chi connectivity index (χ1n) is 7.82. The highest BCUT2D eigenvalue weighted by molar-refractivity contribution is 6.01. The molecule has 0 bridgehead atoms. The van der Waals surface area contributed by atoms with E-state index in [0.717, 1.165) is 11.3 Å². The van der Waals surface area contributed by atoms with Crippen LogP contribution in [0.5, 0.6) is 0 Å². The molecule has 0 saturated heterocycles. The van der Waals surface area contributed by atoms with Crippen LogP contribution in [-0.4, -0.2) is 20.4 Å². The van der Waals surface area contributed by atoms with Crippen LogP contribution in [0.2, 0.25) is 0 Å². The van der Waals surface area contributed by atoms with Gasteiger partial charge in [0.1, 0.15) is 0 Å². The SMILES string of the molecule is O=C(Nc1ccccc1)Nc1nccn2cc(-c3ccccc3)nc12. The van der Waals surface area contributed by atoms with Crippen molar-refractivity contribution in [3.05, 3.63) is 79.3 Å². The minimum absolute atomic E-state index is 0.365. The van der Waals surface area contributed by atoms with E-state index in [9.17, 15) is 4.79 Å². The summed E-state index contributed by atoms with van der Waals surface area (Å²) >= 11 is 0. The van der Waals surface area contributed by atoms with Gasteiger partial charge < -0.3 is 9.72 Å². The Morgan fingerprint density at radius 2 is 1.64 bits per heavy atom. The molecule has 0 atom stereocenters. The number of urea groups is 1. The second-order valence-electron chi connectivity index (χ2n) is 5.44. The van der Waals surface area contributed by atoms with Crippen molar-refractivity contribution in [2.24, 2.45) is 0 Å². The van der Waals surface area contributed by atoms with Crippen LogP contribution in [0, 0.1) is 0 Å². The van der Waals surface area contributed by atoms with Crippen molar-refractivity contribution in [1.82, 2.24) is 14.4 Å². The first-order valence-corrected chi connectivity index (χ1v) is 7.82. The number of amides is 2. The Hall–Kier alpha value is -3.67. The van der Waals surface area contributed by atoms with Gasteiger partial charge in [0, 0.05) is 29.8 Å². The van der Waals surface area contributed by atoms with Gasteiger partial charge in [-0.2, -0.15) is 0 Å². The van der Waals surface area contributed by atoms with Crippen molar-refractivity contribution in [2.75, 3.05) is 10.6 Å². The first kappa shape index (κ1) is 14.9. The largest absolute Gasteiger partial charge is 0.324 e. The molecule has 2 heterocycles. The highest BCUT2D eigenvalue weighted by Gasteiger charge is 2.11. The predicted octanol–water partition coefficient (Wildman–Crippen LogP) is 4.04. The zero-order valence-corrected chi connectivity index (χ0v) is 13.3. The van der Waals surface area contributed by atoms with E-state index in [1.165, 1.54) is 0 Å². The molecule has 2 amide bonds. The van der Waals surface area contributed by atoms with Crippen LogP contribution in [0.1, 0.15) is 0 Å². The van der Waals surface area contributed by atoms with Crippen LogP contribution in [0.15, 0.2) is 79.3 Å². The number of nitrogens with zero attached hydrogens (tertiary/aromatic N) is 3. The summed E-state index contributed by atoms with van der Waals surface area (Å²) in [7, 11) is 0. The minimum atomic E-state index is -0.365. The molecule has 122 valence electrons. The highest BCUT2D eigenvalue weighted by atomic mass is 16.2. The van der Waals surface area contributed by atoms with Gasteiger partial charge in [-0.25, -0.2) is 14.8 Å². The van der Waals surface area contributed by atoms with Crippen molar-refractivity contribution < 1.29 is 4.79 Å². The Kier molecular flexibility index (Phi) is 3.84. The molecule has 6 nitrogen and oxygen atoms in total. The summed E-state index contributed by atoms with van der Waals surface area (Å²) in [6.07, 6.45) is 5.34. The molecule has 0 fully saturated rings. The van der Waals surface area contributed by atoms with Crippen molar-refractivity contribution in [1.29, 1.82) is 0 Å². The molecule has 0 radical (unpaired) electrons. The number of hydrogen-bond acceptors (Lipinski definition) is 3. The zero-order chi connectivity index (χ0) is 17.1. The number of aromatic nitrogens is 3. The minimum Gasteiger partial charge on any atom is -0.308 e. The maximum atomic E-state index is 12.2. The van der Waals surface area contributed by atoms with Gasteiger partial charge in [-0.3, -0.25) is 5.32 Å². The fraction of sp³-hybridized carbons (Fsp3) is 0. The molecule has 2 N–H and O–H groups in total. The number of hydrogen-bond donors (Lipinski definition) is 2. The van der Waals surface area contributed by atoms with Crippen molar-refractivity contribution in [3.8, 4) is 11.3 Å². The van der Waals surface area contributed by atoms with E-state index >= 15 is 0 Å². The maximum absolute atomic E-state index is 12.2. The summed E-state index contributed by atoms with van der Waals surface area (Å²) in [6.45, 7) is 0. The van der Waals surface area contributed by atoms with Gasteiger partial charge in [-0.05, 0) is 12.1 Å². The third-order valence-corrected chi connectivity index (χ3v) is 3.71. The number of fused-ring (bicyclic) bond motifs is 1. The topological polar surface area (TPSA) is 71.3 Å². The average molecular weight is 329 g/mol. The van der Waals surface area contributed by atoms with Gasteiger partial charge in [0.2, 0.25) is 0 Å². The van der Waals surface area contributed by atoms with Crippen molar-refractivity contribution in [3.63, 3.8) is 0 Å². The van der Waals surface area contributed by atoms with Crippen LogP contribution in [0.25, 0.3) is 16.9 Å². The fourth-order valence-electron chi connectivity index (χ4n) is 2.55. The second-order valence-corrected chi connectivity index (χ2v) is 5.44. The molecular weight excluding hydrogens is 314 g/mol. The Morgan fingerprint density at radius 1 is 0.920 bits per heavy atom. The number of carbonyl (C=O) groups is 1. The lowest BCUT2D eigenvalue weighted by molar-refractivity contribution is 0.262. The van der Waals surface area contributed by atoms with Crippen molar-refractivity contribution in [2.45, 2.75) is 0 Å². The van der Waals surface area contributed by atoms with E-state index < -0.39 is 0 Å². The first-order chi connectivity index (χ1) is 12.3. The second kappa shape index (κ2) is 6.45. The predicted molar refractivity (Wildman–Crippen MR) is 97.5 cm³/mol. The smallest absolute Gasteiger partial charge is 0.308 e. The maximum Gasteiger partial charge on any atom is 0.324 e. The third-order valence-electron chi connectivity index (χ3n) is 3.71. The van der Waals surface area contributed by atoms with E-state index in [1.54, 1.807) is 12.4 Å². The van der Waals surface area contributed by atoms with E-state index in [2.05, 4.69) is 20.6 Å². The molecule has 2 aromatic heterocycles. The van der Waals surface area contributed by atoms with Gasteiger partial charge in [-0.1, -0.05) is 48.5 Å². The molecule has 0 aliphatic carbocycles. The lowest BCUT2D eigenvalue weighted by atomic mass is 10.2. The van der Waals surface area contributed by atoms with Crippen LogP contribution < -0.4 is 10.6 Å². The van der Waals surface area contributed by atoms with E-state index in [0.29, 0.717) is 17.2 Å². The summed E-state index contributed by atoms with van der Waals surface area (Å²) in [4.78, 5) is 21.0. The van der Waals surface area contributed by atoms with Gasteiger partial charge in [0.05, 0.1) is 5.69 Å². The fourth-order valence-corrected chi connectivity index (χ4v) is 2.55. The molecule has 4 aromatic rings. The summed E-state index contributed by atoms with van der Waals surface area (Å²) in [5.41, 5.74) is 3.12. The number of anilines is 2. The molecule has 0 aliphatic heterocycles. The number of rotatable bonds is 3. The molecule has 4 rings (SSSR count). The molecule has 6 heteroatoms. The zero-order valence-electron chi connectivity index (χ0n) is 13.3. The summed E-state index contributed by atoms with van der Waals surface area (Å²) in [5.74, 6) is 0.401. The quantitative estimate of drug-likeness (QED) is 0.596. The number of nitrogens with one attached hydrogen (secondary N) is 2. The number of benzene rings is 2. The molecule has 2 aromatic carbocycles. The lowest BCUT2D eigenvalue weighted by Gasteiger charge is -2.07. The summed E-state index contributed by atoms with van der Waals surface area (Å²) in [6, 6.07) is 18.7. The van der Waals surface area contributed by atoms with Gasteiger partial charge in [0.15, 0.2) is 11.5 Å². The Balaban J connectivity index is 1.61. The molecular formula is C19H15N5O. The molecule has 25 heavy (non-hydrogen) atoms. The van der Waals surface area contributed by atoms with Gasteiger partial charge in [0.25, 0.3) is 0 Å². The summed E-state index contributed by atoms with van der Waals surface area (Å²) in [5, 5.41) is 5.52. The normalized spacial score (nSPS) is 10.6. The third kappa shape index (κ3) is 3.18. The van der Waals surface area contributed by atoms with Crippen LogP contribution in [0.3, 0.4) is 0 Å². The Labute approximate surface area is 144 Å². The van der Waals surface area contributed by atoms with Crippen LogP contribution in [0.4, 0.5) is 16.3 Å². The van der Waals surface area contributed by atoms with Crippen LogP contribution >= 0.6 is 0 Å². The van der Waals surface area contributed by atoms with Gasteiger partial charge in [-0.15, -0.1) is 0 Å². The van der Waals surface area contributed by atoms with Crippen LogP contribution in [-0.2, 0) is 0 Å². The van der Waals surface area contributed by atoms with Crippen molar-refractivity contribution >= 4 is 23.2 Å². The summed E-state index contributed by atoms with van der Waals surface area (Å²) < 4.78 is 1.84. The Morgan fingerprint density at radius 3 is 2.40 bits per heavy atom. The number of para-hydroxylation sites is 1.